The topological polar surface area (TPSA) is 75.4 Å². The molecule has 1 unspecified atom stereocenters. The molecule has 1 aromatic rings. The average molecular weight is 283 g/mol. The van der Waals surface area contributed by atoms with Crippen LogP contribution in [-0.4, -0.2) is 40.0 Å². The van der Waals surface area contributed by atoms with E-state index in [4.69, 9.17) is 5.73 Å². The van der Waals surface area contributed by atoms with Crippen molar-refractivity contribution in [2.45, 2.75) is 12.2 Å². The molecular weight excluding hydrogens is 262 g/mol. The molecule has 2 rings (SSSR count). The Morgan fingerprint density at radius 1 is 1.37 bits per heavy atom. The summed E-state index contributed by atoms with van der Waals surface area (Å²) < 4.78 is 26.6. The van der Waals surface area contributed by atoms with Gasteiger partial charge in [-0.15, -0.1) is 0 Å². The fourth-order valence-corrected chi connectivity index (χ4v) is 3.55. The fourth-order valence-electron chi connectivity index (χ4n) is 2.32. The number of anilines is 1. The third-order valence-electron chi connectivity index (χ3n) is 3.42. The molecule has 1 saturated heterocycles. The van der Waals surface area contributed by atoms with Crippen LogP contribution in [0.3, 0.4) is 0 Å². The van der Waals surface area contributed by atoms with Gasteiger partial charge >= 0.3 is 0 Å². The smallest absolute Gasteiger partial charge is 0.215 e. The van der Waals surface area contributed by atoms with Crippen molar-refractivity contribution in [2.75, 3.05) is 32.4 Å². The summed E-state index contributed by atoms with van der Waals surface area (Å²) in [6, 6.07) is 6.93. The van der Waals surface area contributed by atoms with Crippen LogP contribution in [0.5, 0.6) is 0 Å². The number of rotatable bonds is 5. The van der Waals surface area contributed by atoms with Crippen molar-refractivity contribution >= 4 is 15.7 Å². The average Bonchev–Trinajstić information content (AvgIpc) is 2.76. The van der Waals surface area contributed by atoms with Crippen LogP contribution < -0.4 is 10.5 Å². The van der Waals surface area contributed by atoms with E-state index in [0.29, 0.717) is 18.2 Å². The molecule has 19 heavy (non-hydrogen) atoms. The zero-order chi connectivity index (χ0) is 13.9. The van der Waals surface area contributed by atoms with Crippen molar-refractivity contribution < 1.29 is 8.42 Å². The Bertz CT molecular complexity index is 513. The third-order valence-corrected chi connectivity index (χ3v) is 4.74. The monoisotopic (exact) mass is 283 g/mol. The van der Waals surface area contributed by atoms with Gasteiger partial charge in [-0.05, 0) is 43.6 Å². The maximum absolute atomic E-state index is 12.0. The highest BCUT2D eigenvalue weighted by molar-refractivity contribution is 7.88. The predicted octanol–water partition coefficient (Wildman–Crippen LogP) is 0.640. The second-order valence-electron chi connectivity index (χ2n) is 5.27. The molecule has 1 aliphatic heterocycles. The second kappa shape index (κ2) is 5.90. The molecule has 5 nitrogen and oxygen atoms in total. The van der Waals surface area contributed by atoms with Crippen LogP contribution >= 0.6 is 0 Å². The van der Waals surface area contributed by atoms with Crippen molar-refractivity contribution in [1.82, 2.24) is 9.62 Å². The minimum absolute atomic E-state index is 0.00976. The van der Waals surface area contributed by atoms with Gasteiger partial charge in [-0.1, -0.05) is 12.1 Å². The van der Waals surface area contributed by atoms with Crippen molar-refractivity contribution in [3.05, 3.63) is 29.8 Å². The number of sulfonamides is 1. The van der Waals surface area contributed by atoms with E-state index in [1.807, 2.05) is 0 Å². The van der Waals surface area contributed by atoms with E-state index < -0.39 is 10.0 Å². The Balaban J connectivity index is 1.86. The number of nitrogens with zero attached hydrogens (tertiary/aromatic N) is 1. The summed E-state index contributed by atoms with van der Waals surface area (Å²) in [6.45, 7) is 2.54. The number of nitrogen functional groups attached to an aromatic ring is 1. The molecule has 1 heterocycles. The van der Waals surface area contributed by atoms with Gasteiger partial charge in [0.1, 0.15) is 0 Å². The summed E-state index contributed by atoms with van der Waals surface area (Å²) in [7, 11) is -1.20. The molecule has 0 radical (unpaired) electrons. The molecule has 0 aromatic heterocycles. The quantitative estimate of drug-likeness (QED) is 0.778. The van der Waals surface area contributed by atoms with Gasteiger partial charge in [0.15, 0.2) is 0 Å². The zero-order valence-corrected chi connectivity index (χ0v) is 12.0. The van der Waals surface area contributed by atoms with Gasteiger partial charge in [-0.2, -0.15) is 0 Å². The summed E-state index contributed by atoms with van der Waals surface area (Å²) in [6.07, 6.45) is 1.06. The summed E-state index contributed by atoms with van der Waals surface area (Å²) >= 11 is 0. The number of hydrogen-bond acceptors (Lipinski definition) is 4. The molecule has 1 fully saturated rings. The Hall–Kier alpha value is -1.11. The Kier molecular flexibility index (Phi) is 4.44. The minimum Gasteiger partial charge on any atom is -0.399 e. The highest BCUT2D eigenvalue weighted by Gasteiger charge is 2.21. The van der Waals surface area contributed by atoms with Crippen LogP contribution in [0.25, 0.3) is 0 Å². The SMILES string of the molecule is CN1CCC(CNS(=O)(=O)Cc2ccc(N)cc2)C1. The van der Waals surface area contributed by atoms with Gasteiger partial charge in [0.25, 0.3) is 0 Å². The van der Waals surface area contributed by atoms with E-state index in [-0.39, 0.29) is 5.75 Å². The zero-order valence-electron chi connectivity index (χ0n) is 11.2. The lowest BCUT2D eigenvalue weighted by atomic mass is 10.1. The van der Waals surface area contributed by atoms with Crippen LogP contribution in [0.4, 0.5) is 5.69 Å². The van der Waals surface area contributed by atoms with Crippen molar-refractivity contribution in [3.8, 4) is 0 Å². The lowest BCUT2D eigenvalue weighted by Crippen LogP contribution is -2.31. The van der Waals surface area contributed by atoms with E-state index >= 15 is 0 Å². The number of likely N-dealkylation sites (tertiary alicyclic amines) is 1. The van der Waals surface area contributed by atoms with Gasteiger partial charge in [0.05, 0.1) is 5.75 Å². The molecule has 0 amide bonds. The Labute approximate surface area is 114 Å². The summed E-state index contributed by atoms with van der Waals surface area (Å²) in [5.74, 6) is 0.432. The van der Waals surface area contributed by atoms with Crippen molar-refractivity contribution in [3.63, 3.8) is 0 Å². The van der Waals surface area contributed by atoms with E-state index in [0.717, 1.165) is 25.1 Å². The molecule has 1 aromatic carbocycles. The lowest BCUT2D eigenvalue weighted by Gasteiger charge is -2.12. The first-order chi connectivity index (χ1) is 8.94. The highest BCUT2D eigenvalue weighted by atomic mass is 32.2. The molecule has 0 bridgehead atoms. The van der Waals surface area contributed by atoms with Crippen LogP contribution in [0.15, 0.2) is 24.3 Å². The Morgan fingerprint density at radius 3 is 2.63 bits per heavy atom. The van der Waals surface area contributed by atoms with Gasteiger partial charge in [0, 0.05) is 18.8 Å². The summed E-state index contributed by atoms with van der Waals surface area (Å²) in [4.78, 5) is 2.22. The molecule has 0 saturated carbocycles. The number of hydrogen-bond donors (Lipinski definition) is 2. The molecular formula is C13H21N3O2S. The lowest BCUT2D eigenvalue weighted by molar-refractivity contribution is 0.394. The largest absolute Gasteiger partial charge is 0.399 e. The normalized spacial score (nSPS) is 20.8. The third kappa shape index (κ3) is 4.49. The number of benzene rings is 1. The summed E-state index contributed by atoms with van der Waals surface area (Å²) in [5, 5.41) is 0. The maximum atomic E-state index is 12.0. The van der Waals surface area contributed by atoms with Gasteiger partial charge in [-0.3, -0.25) is 0 Å². The van der Waals surface area contributed by atoms with E-state index in [9.17, 15) is 8.42 Å². The first-order valence-corrected chi connectivity index (χ1v) is 8.10. The number of nitrogens with one attached hydrogen (secondary N) is 1. The maximum Gasteiger partial charge on any atom is 0.215 e. The highest BCUT2D eigenvalue weighted by Crippen LogP contribution is 2.14. The van der Waals surface area contributed by atoms with Crippen LogP contribution in [0, 0.1) is 5.92 Å². The Morgan fingerprint density at radius 2 is 2.05 bits per heavy atom. The molecule has 3 N–H and O–H groups in total. The molecule has 0 aliphatic carbocycles. The summed E-state index contributed by atoms with van der Waals surface area (Å²) in [5.41, 5.74) is 6.97. The van der Waals surface area contributed by atoms with E-state index in [1.54, 1.807) is 24.3 Å². The standard InChI is InChI=1S/C13H21N3O2S/c1-16-7-6-12(9-16)8-15-19(17,18)10-11-2-4-13(14)5-3-11/h2-5,12,15H,6-10,14H2,1H3. The number of nitrogens with two attached hydrogens (primary N) is 1. The van der Waals surface area contributed by atoms with Gasteiger partial charge < -0.3 is 10.6 Å². The van der Waals surface area contributed by atoms with Gasteiger partial charge in [-0.25, -0.2) is 13.1 Å². The first kappa shape index (κ1) is 14.3. The van der Waals surface area contributed by atoms with E-state index in [1.165, 1.54) is 0 Å². The minimum atomic E-state index is -3.26. The predicted molar refractivity (Wildman–Crippen MR) is 77.1 cm³/mol. The molecule has 1 aliphatic rings. The van der Waals surface area contributed by atoms with Crippen molar-refractivity contribution in [1.29, 1.82) is 0 Å². The molecule has 6 heteroatoms. The second-order valence-corrected chi connectivity index (χ2v) is 7.07. The van der Waals surface area contributed by atoms with E-state index in [2.05, 4.69) is 16.7 Å². The molecule has 1 atom stereocenters. The first-order valence-electron chi connectivity index (χ1n) is 6.45. The molecule has 106 valence electrons. The fraction of sp³-hybridized carbons (Fsp3) is 0.538. The molecule has 0 spiro atoms. The van der Waals surface area contributed by atoms with Gasteiger partial charge in [0.2, 0.25) is 10.0 Å². The van der Waals surface area contributed by atoms with Crippen LogP contribution in [-0.2, 0) is 15.8 Å². The van der Waals surface area contributed by atoms with Crippen LogP contribution in [0.2, 0.25) is 0 Å². The van der Waals surface area contributed by atoms with Crippen molar-refractivity contribution in [2.24, 2.45) is 5.92 Å². The van der Waals surface area contributed by atoms with Crippen LogP contribution in [0.1, 0.15) is 12.0 Å².